The van der Waals surface area contributed by atoms with Crippen LogP contribution in [0.25, 0.3) is 0 Å². The van der Waals surface area contributed by atoms with Crippen molar-refractivity contribution in [3.05, 3.63) is 70.5 Å². The second kappa shape index (κ2) is 6.76. The monoisotopic (exact) mass is 293 g/mol. The third kappa shape index (κ3) is 3.85. The molecule has 0 aliphatic rings. The van der Waals surface area contributed by atoms with Crippen LogP contribution in [0.4, 0.5) is 13.2 Å². The summed E-state index contributed by atoms with van der Waals surface area (Å²) in [6, 6.07) is 8.31. The highest BCUT2D eigenvalue weighted by Crippen LogP contribution is 2.24. The van der Waals surface area contributed by atoms with Crippen molar-refractivity contribution in [1.82, 2.24) is 5.32 Å². The molecule has 1 N–H and O–H groups in total. The number of hydrogen-bond acceptors (Lipinski definition) is 1. The van der Waals surface area contributed by atoms with Crippen LogP contribution in [0.3, 0.4) is 0 Å². The molecule has 0 radical (unpaired) electrons. The molecule has 0 fully saturated rings. The lowest BCUT2D eigenvalue weighted by atomic mass is 9.96. The fourth-order valence-electron chi connectivity index (χ4n) is 2.38. The summed E-state index contributed by atoms with van der Waals surface area (Å²) >= 11 is 0. The van der Waals surface area contributed by atoms with Crippen LogP contribution >= 0.6 is 0 Å². The van der Waals surface area contributed by atoms with E-state index in [2.05, 4.69) is 5.32 Å². The van der Waals surface area contributed by atoms with Crippen molar-refractivity contribution in [3.8, 4) is 0 Å². The van der Waals surface area contributed by atoms with Crippen molar-refractivity contribution in [2.75, 3.05) is 6.54 Å². The number of aryl methyl sites for hydroxylation is 1. The Morgan fingerprint density at radius 3 is 2.48 bits per heavy atom. The molecule has 0 amide bonds. The zero-order valence-electron chi connectivity index (χ0n) is 12.1. The molecule has 0 aliphatic heterocycles. The lowest BCUT2D eigenvalue weighted by molar-refractivity contribution is 0.499. The van der Waals surface area contributed by atoms with E-state index in [9.17, 15) is 13.2 Å². The quantitative estimate of drug-likeness (QED) is 0.866. The van der Waals surface area contributed by atoms with Gasteiger partial charge in [-0.05, 0) is 49.2 Å². The minimum Gasteiger partial charge on any atom is -0.310 e. The van der Waals surface area contributed by atoms with Gasteiger partial charge in [0.2, 0.25) is 0 Å². The summed E-state index contributed by atoms with van der Waals surface area (Å²) in [6.07, 6.45) is 0.438. The molecule has 1 atom stereocenters. The molecule has 21 heavy (non-hydrogen) atoms. The summed E-state index contributed by atoms with van der Waals surface area (Å²) in [5.74, 6) is -1.46. The molecular formula is C17H18F3N. The fourth-order valence-corrected chi connectivity index (χ4v) is 2.38. The predicted molar refractivity (Wildman–Crippen MR) is 77.6 cm³/mol. The van der Waals surface area contributed by atoms with Gasteiger partial charge in [0.15, 0.2) is 0 Å². The van der Waals surface area contributed by atoms with Gasteiger partial charge in [-0.2, -0.15) is 0 Å². The molecule has 112 valence electrons. The summed E-state index contributed by atoms with van der Waals surface area (Å²) < 4.78 is 40.7. The maximum atomic E-state index is 14.0. The fraction of sp³-hybridized carbons (Fsp3) is 0.294. The summed E-state index contributed by atoms with van der Waals surface area (Å²) in [5, 5.41) is 3.17. The molecule has 2 rings (SSSR count). The van der Waals surface area contributed by atoms with Crippen LogP contribution in [0.1, 0.15) is 29.7 Å². The Labute approximate surface area is 122 Å². The first-order valence-corrected chi connectivity index (χ1v) is 6.94. The van der Waals surface area contributed by atoms with Crippen molar-refractivity contribution in [2.24, 2.45) is 0 Å². The van der Waals surface area contributed by atoms with Gasteiger partial charge in [-0.15, -0.1) is 0 Å². The van der Waals surface area contributed by atoms with Crippen LogP contribution in [-0.4, -0.2) is 6.54 Å². The highest BCUT2D eigenvalue weighted by molar-refractivity contribution is 5.30. The second-order valence-corrected chi connectivity index (χ2v) is 5.07. The third-order valence-electron chi connectivity index (χ3n) is 3.43. The Morgan fingerprint density at radius 2 is 1.81 bits per heavy atom. The lowest BCUT2D eigenvalue weighted by Gasteiger charge is -2.20. The van der Waals surface area contributed by atoms with Crippen LogP contribution in [0.5, 0.6) is 0 Å². The molecule has 2 aromatic carbocycles. The molecule has 0 heterocycles. The van der Waals surface area contributed by atoms with Gasteiger partial charge in [-0.3, -0.25) is 0 Å². The predicted octanol–water partition coefficient (Wildman–Crippen LogP) is 4.31. The van der Waals surface area contributed by atoms with Crippen LogP contribution in [0.2, 0.25) is 0 Å². The van der Waals surface area contributed by atoms with E-state index in [-0.39, 0.29) is 11.9 Å². The van der Waals surface area contributed by atoms with Gasteiger partial charge >= 0.3 is 0 Å². The Bertz CT molecular complexity index is 625. The Morgan fingerprint density at radius 1 is 1.05 bits per heavy atom. The average molecular weight is 293 g/mol. The highest BCUT2D eigenvalue weighted by Gasteiger charge is 2.17. The van der Waals surface area contributed by atoms with Crippen LogP contribution < -0.4 is 5.32 Å². The van der Waals surface area contributed by atoms with Crippen molar-refractivity contribution < 1.29 is 13.2 Å². The molecule has 0 saturated carbocycles. The molecule has 0 aromatic heterocycles. The van der Waals surface area contributed by atoms with Crippen LogP contribution in [-0.2, 0) is 6.42 Å². The number of benzene rings is 2. The van der Waals surface area contributed by atoms with Gasteiger partial charge in [0.25, 0.3) is 0 Å². The SMILES string of the molecule is CCNC(Cc1cccc(F)c1)c1cc(C)c(F)cc1F. The number of nitrogens with one attached hydrogen (secondary N) is 1. The van der Waals surface area contributed by atoms with E-state index in [0.29, 0.717) is 24.1 Å². The normalized spacial score (nSPS) is 12.4. The molecule has 2 aromatic rings. The van der Waals surface area contributed by atoms with Gasteiger partial charge < -0.3 is 5.32 Å². The smallest absolute Gasteiger partial charge is 0.130 e. The molecule has 0 saturated heterocycles. The number of halogens is 3. The van der Waals surface area contributed by atoms with Gasteiger partial charge in [0, 0.05) is 17.7 Å². The Hall–Kier alpha value is -1.81. The van der Waals surface area contributed by atoms with Crippen LogP contribution in [0.15, 0.2) is 36.4 Å². The minimum absolute atomic E-state index is 0.321. The van der Waals surface area contributed by atoms with E-state index in [0.717, 1.165) is 11.6 Å². The first-order valence-electron chi connectivity index (χ1n) is 6.94. The minimum atomic E-state index is -0.583. The van der Waals surface area contributed by atoms with Gasteiger partial charge in [-0.25, -0.2) is 13.2 Å². The van der Waals surface area contributed by atoms with Crippen molar-refractivity contribution in [2.45, 2.75) is 26.3 Å². The molecule has 0 spiro atoms. The van der Waals surface area contributed by atoms with Crippen molar-refractivity contribution >= 4 is 0 Å². The third-order valence-corrected chi connectivity index (χ3v) is 3.43. The van der Waals surface area contributed by atoms with Gasteiger partial charge in [0.1, 0.15) is 17.5 Å². The van der Waals surface area contributed by atoms with Gasteiger partial charge in [-0.1, -0.05) is 19.1 Å². The summed E-state index contributed by atoms with van der Waals surface area (Å²) in [4.78, 5) is 0. The average Bonchev–Trinajstić information content (AvgIpc) is 2.42. The van der Waals surface area contributed by atoms with Crippen molar-refractivity contribution in [1.29, 1.82) is 0 Å². The van der Waals surface area contributed by atoms with E-state index >= 15 is 0 Å². The zero-order valence-corrected chi connectivity index (χ0v) is 12.1. The zero-order chi connectivity index (χ0) is 15.4. The summed E-state index contributed by atoms with van der Waals surface area (Å²) in [6.45, 7) is 4.15. The van der Waals surface area contributed by atoms with E-state index in [1.165, 1.54) is 18.2 Å². The number of likely N-dealkylation sites (N-methyl/N-ethyl adjacent to an activating group) is 1. The maximum absolute atomic E-state index is 14.0. The molecule has 0 bridgehead atoms. The molecule has 4 heteroatoms. The molecule has 1 nitrogen and oxygen atoms in total. The molecule has 0 aliphatic carbocycles. The summed E-state index contributed by atoms with van der Waals surface area (Å²) in [7, 11) is 0. The summed E-state index contributed by atoms with van der Waals surface area (Å²) in [5.41, 5.74) is 1.57. The first-order chi connectivity index (χ1) is 10.0. The van der Waals surface area contributed by atoms with Crippen LogP contribution in [0, 0.1) is 24.4 Å². The topological polar surface area (TPSA) is 12.0 Å². The van der Waals surface area contributed by atoms with Gasteiger partial charge in [0.05, 0.1) is 0 Å². The lowest BCUT2D eigenvalue weighted by Crippen LogP contribution is -2.24. The largest absolute Gasteiger partial charge is 0.310 e. The number of rotatable bonds is 5. The van der Waals surface area contributed by atoms with E-state index in [4.69, 9.17) is 0 Å². The van der Waals surface area contributed by atoms with E-state index < -0.39 is 11.6 Å². The molecule has 1 unspecified atom stereocenters. The Kier molecular flexibility index (Phi) is 5.02. The van der Waals surface area contributed by atoms with E-state index in [1.807, 2.05) is 6.92 Å². The number of hydrogen-bond donors (Lipinski definition) is 1. The van der Waals surface area contributed by atoms with E-state index in [1.54, 1.807) is 19.1 Å². The molecular weight excluding hydrogens is 275 g/mol. The highest BCUT2D eigenvalue weighted by atomic mass is 19.1. The second-order valence-electron chi connectivity index (χ2n) is 5.07. The Balaban J connectivity index is 2.33. The van der Waals surface area contributed by atoms with Crippen molar-refractivity contribution in [3.63, 3.8) is 0 Å². The first kappa shape index (κ1) is 15.6. The maximum Gasteiger partial charge on any atom is 0.130 e. The standard InChI is InChI=1S/C17H18F3N/c1-3-21-17(9-12-5-4-6-13(18)8-12)14-7-11(2)15(19)10-16(14)20/h4-8,10,17,21H,3,9H2,1-2H3.